The van der Waals surface area contributed by atoms with Gasteiger partial charge in [-0.2, -0.15) is 0 Å². The third kappa shape index (κ3) is 5.02. The second kappa shape index (κ2) is 7.24. The van der Waals surface area contributed by atoms with Crippen molar-refractivity contribution in [2.45, 2.75) is 32.6 Å². The van der Waals surface area contributed by atoms with Gasteiger partial charge in [-0.25, -0.2) is 0 Å². The molecule has 2 heteroatoms. The zero-order chi connectivity index (χ0) is 16.0. The molecule has 0 saturated carbocycles. The maximum absolute atomic E-state index is 4.69. The highest BCUT2D eigenvalue weighted by Crippen LogP contribution is 2.20. The first-order valence-corrected chi connectivity index (χ1v) is 11.2. The molecule has 0 spiro atoms. The normalized spacial score (nSPS) is 12.7. The first kappa shape index (κ1) is 16.3. The van der Waals surface area contributed by atoms with Gasteiger partial charge in [-0.05, 0) is 24.1 Å². The lowest BCUT2D eigenvalue weighted by molar-refractivity contribution is 0.822. The van der Waals surface area contributed by atoms with E-state index in [1.807, 2.05) is 30.5 Å². The average molecular weight is 305 g/mol. The molecule has 0 aliphatic carbocycles. The molecule has 2 aromatic carbocycles. The van der Waals surface area contributed by atoms with Crippen LogP contribution in [0.4, 0.5) is 0 Å². The van der Waals surface area contributed by atoms with Crippen LogP contribution in [0.15, 0.2) is 59.6 Å². The van der Waals surface area contributed by atoms with Crippen molar-refractivity contribution < 1.29 is 0 Å². The van der Waals surface area contributed by atoms with Gasteiger partial charge in [0.05, 0.1) is 6.04 Å². The Kier molecular flexibility index (Phi) is 5.35. The fourth-order valence-electron chi connectivity index (χ4n) is 2.05. The molecule has 0 amide bonds. The average Bonchev–Trinajstić information content (AvgIpc) is 2.51. The SMILES string of the molecule is CC(N=Cc1ccccc1)c1ccccc1C#C[Si](C)(C)C. The molecule has 0 radical (unpaired) electrons. The lowest BCUT2D eigenvalue weighted by atomic mass is 10.0. The number of nitrogens with zero attached hydrogens (tertiary/aromatic N) is 1. The van der Waals surface area contributed by atoms with Crippen molar-refractivity contribution in [3.05, 3.63) is 71.3 Å². The van der Waals surface area contributed by atoms with Gasteiger partial charge in [0.1, 0.15) is 8.07 Å². The molecular formula is C20H23NSi. The fourth-order valence-corrected chi connectivity index (χ4v) is 2.56. The minimum atomic E-state index is -1.37. The molecule has 22 heavy (non-hydrogen) atoms. The van der Waals surface area contributed by atoms with Gasteiger partial charge in [-0.1, -0.05) is 74.1 Å². The Morgan fingerprint density at radius 3 is 2.27 bits per heavy atom. The standard InChI is InChI=1S/C20H23NSi/c1-17(21-16-18-10-6-5-7-11-18)20-13-9-8-12-19(20)14-15-22(2,3)4/h5-13,16-17H,1-4H3. The van der Waals surface area contributed by atoms with Crippen molar-refractivity contribution in [1.29, 1.82) is 0 Å². The van der Waals surface area contributed by atoms with Gasteiger partial charge in [0.2, 0.25) is 0 Å². The lowest BCUT2D eigenvalue weighted by Gasteiger charge is -2.10. The minimum Gasteiger partial charge on any atom is -0.285 e. The summed E-state index contributed by atoms with van der Waals surface area (Å²) in [5, 5.41) is 0. The second-order valence-electron chi connectivity index (χ2n) is 6.45. The van der Waals surface area contributed by atoms with Crippen LogP contribution in [-0.4, -0.2) is 14.3 Å². The quantitative estimate of drug-likeness (QED) is 0.425. The van der Waals surface area contributed by atoms with Gasteiger partial charge >= 0.3 is 0 Å². The highest BCUT2D eigenvalue weighted by Gasteiger charge is 2.10. The van der Waals surface area contributed by atoms with E-state index in [1.165, 1.54) is 5.56 Å². The lowest BCUT2D eigenvalue weighted by Crippen LogP contribution is -2.16. The van der Waals surface area contributed by atoms with E-state index >= 15 is 0 Å². The van der Waals surface area contributed by atoms with E-state index in [9.17, 15) is 0 Å². The molecule has 0 N–H and O–H groups in total. The second-order valence-corrected chi connectivity index (χ2v) is 11.2. The topological polar surface area (TPSA) is 12.4 Å². The van der Waals surface area contributed by atoms with E-state index in [4.69, 9.17) is 0 Å². The molecule has 0 aromatic heterocycles. The Morgan fingerprint density at radius 2 is 1.59 bits per heavy atom. The summed E-state index contributed by atoms with van der Waals surface area (Å²) < 4.78 is 0. The van der Waals surface area contributed by atoms with E-state index < -0.39 is 8.07 Å². The van der Waals surface area contributed by atoms with Crippen molar-refractivity contribution in [2.24, 2.45) is 4.99 Å². The zero-order valence-corrected chi connectivity index (χ0v) is 14.8. The highest BCUT2D eigenvalue weighted by molar-refractivity contribution is 6.83. The van der Waals surface area contributed by atoms with Crippen LogP contribution in [0.2, 0.25) is 19.6 Å². The largest absolute Gasteiger partial charge is 0.285 e. The summed E-state index contributed by atoms with van der Waals surface area (Å²) in [6, 6.07) is 18.6. The van der Waals surface area contributed by atoms with Crippen LogP contribution in [0.5, 0.6) is 0 Å². The van der Waals surface area contributed by atoms with E-state index in [2.05, 4.69) is 73.4 Å². The maximum Gasteiger partial charge on any atom is 0.129 e. The number of benzene rings is 2. The molecule has 1 atom stereocenters. The number of hydrogen-bond acceptors (Lipinski definition) is 1. The predicted octanol–water partition coefficient (Wildman–Crippen LogP) is 5.10. The Morgan fingerprint density at radius 1 is 0.955 bits per heavy atom. The molecule has 0 aliphatic rings. The first-order valence-electron chi connectivity index (χ1n) is 7.66. The molecular weight excluding hydrogens is 282 g/mol. The Labute approximate surface area is 135 Å². The monoisotopic (exact) mass is 305 g/mol. The summed E-state index contributed by atoms with van der Waals surface area (Å²) in [6.45, 7) is 8.91. The summed E-state index contributed by atoms with van der Waals surface area (Å²) in [5.41, 5.74) is 6.86. The predicted molar refractivity (Wildman–Crippen MR) is 99.1 cm³/mol. The molecule has 2 aromatic rings. The Bertz CT molecular complexity index is 700. The van der Waals surface area contributed by atoms with Crippen molar-refractivity contribution in [1.82, 2.24) is 0 Å². The molecule has 1 unspecified atom stereocenters. The van der Waals surface area contributed by atoms with Gasteiger partial charge < -0.3 is 0 Å². The third-order valence-corrected chi connectivity index (χ3v) is 4.10. The first-order chi connectivity index (χ1) is 10.5. The summed E-state index contributed by atoms with van der Waals surface area (Å²) in [4.78, 5) is 4.69. The van der Waals surface area contributed by atoms with Gasteiger partial charge in [0.25, 0.3) is 0 Å². The van der Waals surface area contributed by atoms with Crippen LogP contribution in [0.3, 0.4) is 0 Å². The van der Waals surface area contributed by atoms with Crippen molar-refractivity contribution in [3.8, 4) is 11.5 Å². The smallest absolute Gasteiger partial charge is 0.129 e. The van der Waals surface area contributed by atoms with E-state index in [0.29, 0.717) is 0 Å². The fraction of sp³-hybridized carbons (Fsp3) is 0.250. The molecule has 112 valence electrons. The summed E-state index contributed by atoms with van der Waals surface area (Å²) >= 11 is 0. The summed E-state index contributed by atoms with van der Waals surface area (Å²) in [7, 11) is -1.37. The third-order valence-electron chi connectivity index (χ3n) is 3.23. The molecule has 1 nitrogen and oxygen atoms in total. The van der Waals surface area contributed by atoms with Gasteiger partial charge in [-0.15, -0.1) is 5.54 Å². The van der Waals surface area contributed by atoms with Gasteiger partial charge in [-0.3, -0.25) is 4.99 Å². The highest BCUT2D eigenvalue weighted by atomic mass is 28.3. The number of aliphatic imine (C=N–C) groups is 1. The Hall–Kier alpha value is -2.11. The van der Waals surface area contributed by atoms with Crippen molar-refractivity contribution in [3.63, 3.8) is 0 Å². The van der Waals surface area contributed by atoms with Crippen LogP contribution in [0, 0.1) is 11.5 Å². The van der Waals surface area contributed by atoms with Gasteiger partial charge in [0, 0.05) is 11.8 Å². The Balaban J connectivity index is 2.24. The molecule has 0 heterocycles. The maximum atomic E-state index is 4.69. The zero-order valence-electron chi connectivity index (χ0n) is 13.8. The van der Waals surface area contributed by atoms with E-state index in [0.717, 1.165) is 11.1 Å². The van der Waals surface area contributed by atoms with Crippen molar-refractivity contribution >= 4 is 14.3 Å². The van der Waals surface area contributed by atoms with E-state index in [1.54, 1.807) is 0 Å². The summed E-state index contributed by atoms with van der Waals surface area (Å²) in [5.74, 6) is 3.37. The van der Waals surface area contributed by atoms with Crippen molar-refractivity contribution in [2.75, 3.05) is 0 Å². The van der Waals surface area contributed by atoms with Crippen LogP contribution < -0.4 is 0 Å². The van der Waals surface area contributed by atoms with Crippen LogP contribution in [0.25, 0.3) is 0 Å². The van der Waals surface area contributed by atoms with Crippen LogP contribution in [-0.2, 0) is 0 Å². The molecule has 0 bridgehead atoms. The van der Waals surface area contributed by atoms with Gasteiger partial charge in [0.15, 0.2) is 0 Å². The van der Waals surface area contributed by atoms with Crippen LogP contribution in [0.1, 0.15) is 29.7 Å². The summed E-state index contributed by atoms with van der Waals surface area (Å²) in [6.07, 6.45) is 1.94. The van der Waals surface area contributed by atoms with Crippen LogP contribution >= 0.6 is 0 Å². The molecule has 0 saturated heterocycles. The molecule has 2 rings (SSSR count). The molecule has 0 fully saturated rings. The molecule has 0 aliphatic heterocycles. The minimum absolute atomic E-state index is 0.104. The van der Waals surface area contributed by atoms with E-state index in [-0.39, 0.29) is 6.04 Å². The number of rotatable bonds is 3. The number of hydrogen-bond donors (Lipinski definition) is 0.